The molecule has 0 saturated heterocycles. The number of nitrogens with zero attached hydrogens (tertiary/aromatic N) is 2. The molecule has 0 aliphatic heterocycles. The van der Waals surface area contributed by atoms with Crippen LogP contribution in [0.15, 0.2) is 47.9 Å². The number of nitrogens with two attached hydrogens (primary N) is 1. The van der Waals surface area contributed by atoms with Gasteiger partial charge in [0.2, 0.25) is 0 Å². The Labute approximate surface area is 112 Å². The van der Waals surface area contributed by atoms with Gasteiger partial charge in [-0.15, -0.1) is 11.8 Å². The number of hydrogen-bond donors (Lipinski definition) is 1. The Morgan fingerprint density at radius 1 is 1.22 bits per heavy atom. The summed E-state index contributed by atoms with van der Waals surface area (Å²) in [5, 5.41) is 0.915. The molecule has 2 N–H and O–H groups in total. The van der Waals surface area contributed by atoms with Gasteiger partial charge in [-0.1, -0.05) is 31.2 Å². The van der Waals surface area contributed by atoms with Gasteiger partial charge in [-0.05, 0) is 17.5 Å². The molecule has 2 rings (SSSR count). The fourth-order valence-electron chi connectivity index (χ4n) is 1.63. The third kappa shape index (κ3) is 3.55. The molecule has 0 spiro atoms. The standard InChI is InChI=1S/C14H17N3S/c1-2-11-3-5-12(6-4-11)13(15)10-18-14-9-16-7-8-17-14/h3-9,13H,2,10,15H2,1H3. The van der Waals surface area contributed by atoms with Gasteiger partial charge in [0.25, 0.3) is 0 Å². The quantitative estimate of drug-likeness (QED) is 0.839. The van der Waals surface area contributed by atoms with E-state index in [2.05, 4.69) is 41.2 Å². The summed E-state index contributed by atoms with van der Waals surface area (Å²) >= 11 is 1.63. The summed E-state index contributed by atoms with van der Waals surface area (Å²) in [5.74, 6) is 0.810. The smallest absolute Gasteiger partial charge is 0.114 e. The normalized spacial score (nSPS) is 12.3. The topological polar surface area (TPSA) is 51.8 Å². The number of aromatic nitrogens is 2. The van der Waals surface area contributed by atoms with Crippen molar-refractivity contribution in [3.8, 4) is 0 Å². The highest BCUT2D eigenvalue weighted by Crippen LogP contribution is 2.21. The van der Waals surface area contributed by atoms with Gasteiger partial charge in [0.1, 0.15) is 5.03 Å². The molecule has 1 atom stereocenters. The third-order valence-electron chi connectivity index (χ3n) is 2.77. The van der Waals surface area contributed by atoms with E-state index in [1.807, 2.05) is 0 Å². The number of hydrogen-bond acceptors (Lipinski definition) is 4. The largest absolute Gasteiger partial charge is 0.323 e. The first kappa shape index (κ1) is 13.1. The Kier molecular flexibility index (Phi) is 4.73. The average molecular weight is 259 g/mol. The second-order valence-electron chi connectivity index (χ2n) is 4.06. The van der Waals surface area contributed by atoms with Gasteiger partial charge in [0.15, 0.2) is 0 Å². The SMILES string of the molecule is CCc1ccc(C(N)CSc2cnccn2)cc1. The first-order valence-electron chi connectivity index (χ1n) is 6.03. The van der Waals surface area contributed by atoms with Crippen LogP contribution in [0.5, 0.6) is 0 Å². The highest BCUT2D eigenvalue weighted by molar-refractivity contribution is 7.99. The zero-order valence-corrected chi connectivity index (χ0v) is 11.2. The van der Waals surface area contributed by atoms with Crippen molar-refractivity contribution in [1.29, 1.82) is 0 Å². The molecule has 0 aliphatic rings. The van der Waals surface area contributed by atoms with Crippen molar-refractivity contribution >= 4 is 11.8 Å². The van der Waals surface area contributed by atoms with Crippen molar-refractivity contribution in [3.05, 3.63) is 54.0 Å². The van der Waals surface area contributed by atoms with E-state index < -0.39 is 0 Å². The minimum Gasteiger partial charge on any atom is -0.323 e. The van der Waals surface area contributed by atoms with E-state index in [0.717, 1.165) is 17.2 Å². The summed E-state index contributed by atoms with van der Waals surface area (Å²) < 4.78 is 0. The van der Waals surface area contributed by atoms with E-state index in [1.54, 1.807) is 30.4 Å². The van der Waals surface area contributed by atoms with E-state index in [9.17, 15) is 0 Å². The van der Waals surface area contributed by atoms with Crippen LogP contribution in [0.1, 0.15) is 24.1 Å². The van der Waals surface area contributed by atoms with Crippen molar-refractivity contribution in [2.45, 2.75) is 24.4 Å². The number of aryl methyl sites for hydroxylation is 1. The molecule has 0 fully saturated rings. The van der Waals surface area contributed by atoms with Crippen molar-refractivity contribution in [3.63, 3.8) is 0 Å². The number of benzene rings is 1. The molecular formula is C14H17N3S. The van der Waals surface area contributed by atoms with Crippen LogP contribution in [0.4, 0.5) is 0 Å². The summed E-state index contributed by atoms with van der Waals surface area (Å²) in [7, 11) is 0. The lowest BCUT2D eigenvalue weighted by Crippen LogP contribution is -2.13. The summed E-state index contributed by atoms with van der Waals surface area (Å²) in [5.41, 5.74) is 8.68. The Bertz CT molecular complexity index is 470. The van der Waals surface area contributed by atoms with Crippen molar-refractivity contribution in [2.24, 2.45) is 5.73 Å². The second kappa shape index (κ2) is 6.52. The molecule has 3 nitrogen and oxygen atoms in total. The lowest BCUT2D eigenvalue weighted by atomic mass is 10.1. The predicted molar refractivity (Wildman–Crippen MR) is 75.5 cm³/mol. The maximum absolute atomic E-state index is 6.17. The van der Waals surface area contributed by atoms with E-state index in [0.29, 0.717) is 0 Å². The van der Waals surface area contributed by atoms with E-state index in [-0.39, 0.29) is 6.04 Å². The molecule has 1 heterocycles. The highest BCUT2D eigenvalue weighted by Gasteiger charge is 2.07. The van der Waals surface area contributed by atoms with Crippen molar-refractivity contribution in [1.82, 2.24) is 9.97 Å². The molecule has 0 aliphatic carbocycles. The minimum absolute atomic E-state index is 0.0305. The van der Waals surface area contributed by atoms with Crippen LogP contribution in [-0.2, 0) is 6.42 Å². The van der Waals surface area contributed by atoms with Gasteiger partial charge in [-0.3, -0.25) is 4.98 Å². The van der Waals surface area contributed by atoms with E-state index >= 15 is 0 Å². The molecule has 2 aromatic rings. The van der Waals surface area contributed by atoms with Gasteiger partial charge in [0, 0.05) is 24.2 Å². The van der Waals surface area contributed by atoms with Crippen LogP contribution in [0.2, 0.25) is 0 Å². The van der Waals surface area contributed by atoms with Gasteiger partial charge in [-0.25, -0.2) is 4.98 Å². The minimum atomic E-state index is 0.0305. The lowest BCUT2D eigenvalue weighted by molar-refractivity contribution is 0.828. The summed E-state index contributed by atoms with van der Waals surface area (Å²) in [6, 6.07) is 8.54. The van der Waals surface area contributed by atoms with Gasteiger partial charge < -0.3 is 5.73 Å². The highest BCUT2D eigenvalue weighted by atomic mass is 32.2. The molecule has 0 radical (unpaired) electrons. The summed E-state index contributed by atoms with van der Waals surface area (Å²) in [4.78, 5) is 8.25. The fraction of sp³-hybridized carbons (Fsp3) is 0.286. The van der Waals surface area contributed by atoms with Gasteiger partial charge in [-0.2, -0.15) is 0 Å². The first-order valence-corrected chi connectivity index (χ1v) is 7.01. The number of rotatable bonds is 5. The van der Waals surface area contributed by atoms with Crippen LogP contribution in [-0.4, -0.2) is 15.7 Å². The second-order valence-corrected chi connectivity index (χ2v) is 5.10. The van der Waals surface area contributed by atoms with Crippen LogP contribution < -0.4 is 5.73 Å². The van der Waals surface area contributed by atoms with E-state index in [4.69, 9.17) is 5.73 Å². The van der Waals surface area contributed by atoms with Crippen molar-refractivity contribution in [2.75, 3.05) is 5.75 Å². The van der Waals surface area contributed by atoms with Crippen LogP contribution in [0.25, 0.3) is 0 Å². The van der Waals surface area contributed by atoms with E-state index in [1.165, 1.54) is 11.1 Å². The zero-order valence-electron chi connectivity index (χ0n) is 10.4. The molecule has 1 aromatic carbocycles. The maximum Gasteiger partial charge on any atom is 0.114 e. The molecular weight excluding hydrogens is 242 g/mol. The van der Waals surface area contributed by atoms with Crippen LogP contribution in [0.3, 0.4) is 0 Å². The van der Waals surface area contributed by atoms with Gasteiger partial charge in [0.05, 0.1) is 6.20 Å². The monoisotopic (exact) mass is 259 g/mol. The first-order chi connectivity index (χ1) is 8.79. The third-order valence-corrected chi connectivity index (χ3v) is 3.80. The Hall–Kier alpha value is -1.39. The Morgan fingerprint density at radius 3 is 2.61 bits per heavy atom. The molecule has 1 aromatic heterocycles. The molecule has 94 valence electrons. The fourth-order valence-corrected chi connectivity index (χ4v) is 2.45. The molecule has 0 amide bonds. The maximum atomic E-state index is 6.17. The Balaban J connectivity index is 1.93. The van der Waals surface area contributed by atoms with Crippen LogP contribution in [0, 0.1) is 0 Å². The average Bonchev–Trinajstić information content (AvgIpc) is 2.46. The molecule has 1 unspecified atom stereocenters. The summed E-state index contributed by atoms with van der Waals surface area (Å²) in [6.45, 7) is 2.15. The molecule has 0 bridgehead atoms. The number of thioether (sulfide) groups is 1. The summed E-state index contributed by atoms with van der Waals surface area (Å²) in [6.07, 6.45) is 6.19. The zero-order chi connectivity index (χ0) is 12.8. The lowest BCUT2D eigenvalue weighted by Gasteiger charge is -2.11. The predicted octanol–water partition coefficient (Wildman–Crippen LogP) is 2.83. The molecule has 18 heavy (non-hydrogen) atoms. The van der Waals surface area contributed by atoms with Crippen molar-refractivity contribution < 1.29 is 0 Å². The van der Waals surface area contributed by atoms with Crippen LogP contribution >= 0.6 is 11.8 Å². The molecule has 4 heteroatoms. The van der Waals surface area contributed by atoms with Gasteiger partial charge >= 0.3 is 0 Å². The molecule has 0 saturated carbocycles. The Morgan fingerprint density at radius 2 is 2.00 bits per heavy atom.